The van der Waals surface area contributed by atoms with Crippen LogP contribution < -0.4 is 4.74 Å². The Morgan fingerprint density at radius 2 is 1.71 bits per heavy atom. The first-order valence-corrected chi connectivity index (χ1v) is 13.8. The highest BCUT2D eigenvalue weighted by molar-refractivity contribution is 6.39. The van der Waals surface area contributed by atoms with Crippen LogP contribution in [-0.2, 0) is 6.54 Å². The standard InChI is InChI=1S/C30H28Cl2N2O4/c31-25-2-1-3-26(32)27(25)28-24(29(38-33-28)19-4-5-19)16-34-12-10-18(11-13-34)17-37-23-9-8-20-14-22(30(35)36)7-6-21(20)15-23/h1-3,6-9,14-15,18-19H,4-5,10-13,16-17H2,(H,35,36). The molecule has 1 aliphatic carbocycles. The number of hydrogen-bond acceptors (Lipinski definition) is 5. The average Bonchev–Trinajstić information content (AvgIpc) is 3.69. The van der Waals surface area contributed by atoms with Crippen molar-refractivity contribution in [2.75, 3.05) is 19.7 Å². The highest BCUT2D eigenvalue weighted by Crippen LogP contribution is 2.46. The van der Waals surface area contributed by atoms with Gasteiger partial charge in [0.1, 0.15) is 17.2 Å². The number of aromatic carboxylic acids is 1. The summed E-state index contributed by atoms with van der Waals surface area (Å²) in [7, 11) is 0. The molecule has 8 heteroatoms. The number of fused-ring (bicyclic) bond motifs is 1. The summed E-state index contributed by atoms with van der Waals surface area (Å²) in [5, 5.41) is 16.7. The number of carboxylic acid groups (broad SMARTS) is 1. The predicted molar refractivity (Wildman–Crippen MR) is 148 cm³/mol. The number of hydrogen-bond donors (Lipinski definition) is 1. The molecular weight excluding hydrogens is 523 g/mol. The van der Waals surface area contributed by atoms with Crippen LogP contribution in [0.2, 0.25) is 10.0 Å². The van der Waals surface area contributed by atoms with E-state index >= 15 is 0 Å². The number of aromatic nitrogens is 1. The van der Waals surface area contributed by atoms with Gasteiger partial charge >= 0.3 is 5.97 Å². The number of likely N-dealkylation sites (tertiary alicyclic amines) is 1. The van der Waals surface area contributed by atoms with E-state index < -0.39 is 5.97 Å². The van der Waals surface area contributed by atoms with E-state index in [0.717, 1.165) is 84.4 Å². The zero-order valence-corrected chi connectivity index (χ0v) is 22.3. The zero-order valence-electron chi connectivity index (χ0n) is 20.8. The number of carbonyl (C=O) groups is 1. The van der Waals surface area contributed by atoms with Crippen molar-refractivity contribution in [3.05, 3.63) is 81.5 Å². The second-order valence-corrected chi connectivity index (χ2v) is 11.1. The van der Waals surface area contributed by atoms with Gasteiger partial charge in [-0.1, -0.05) is 46.6 Å². The molecule has 6 rings (SSSR count). The van der Waals surface area contributed by atoms with Crippen molar-refractivity contribution in [3.8, 4) is 17.0 Å². The summed E-state index contributed by atoms with van der Waals surface area (Å²) in [5.41, 5.74) is 2.91. The molecule has 0 radical (unpaired) electrons. The third-order valence-electron chi connectivity index (χ3n) is 7.60. The molecule has 1 saturated carbocycles. The number of rotatable bonds is 8. The molecule has 0 amide bonds. The maximum atomic E-state index is 11.2. The Kier molecular flexibility index (Phi) is 7.04. The number of benzene rings is 3. The van der Waals surface area contributed by atoms with E-state index in [1.807, 2.05) is 42.5 Å². The van der Waals surface area contributed by atoms with E-state index in [1.165, 1.54) is 0 Å². The quantitative estimate of drug-likeness (QED) is 0.242. The van der Waals surface area contributed by atoms with Gasteiger partial charge in [-0.15, -0.1) is 0 Å². The lowest BCUT2D eigenvalue weighted by atomic mass is 9.96. The van der Waals surface area contributed by atoms with Crippen molar-refractivity contribution >= 4 is 39.9 Å². The van der Waals surface area contributed by atoms with E-state index in [2.05, 4.69) is 10.1 Å². The van der Waals surface area contributed by atoms with Gasteiger partial charge in [0.25, 0.3) is 0 Å². The van der Waals surface area contributed by atoms with Gasteiger partial charge in [-0.25, -0.2) is 4.79 Å². The molecule has 2 aliphatic rings. The first kappa shape index (κ1) is 25.2. The molecule has 0 atom stereocenters. The van der Waals surface area contributed by atoms with Gasteiger partial charge in [-0.3, -0.25) is 4.90 Å². The molecule has 1 N–H and O–H groups in total. The Morgan fingerprint density at radius 3 is 2.42 bits per heavy atom. The fraction of sp³-hybridized carbons (Fsp3) is 0.333. The van der Waals surface area contributed by atoms with Crippen molar-refractivity contribution in [3.63, 3.8) is 0 Å². The van der Waals surface area contributed by atoms with Crippen LogP contribution in [0.15, 0.2) is 59.1 Å². The highest BCUT2D eigenvalue weighted by Gasteiger charge is 2.34. The van der Waals surface area contributed by atoms with Crippen LogP contribution in [0.3, 0.4) is 0 Å². The Labute approximate surface area is 231 Å². The highest BCUT2D eigenvalue weighted by atomic mass is 35.5. The number of nitrogens with zero attached hydrogens (tertiary/aromatic N) is 2. The van der Waals surface area contributed by atoms with E-state index in [1.54, 1.807) is 12.1 Å². The fourth-order valence-corrected chi connectivity index (χ4v) is 5.83. The van der Waals surface area contributed by atoms with Gasteiger partial charge in [-0.05, 0) is 91.9 Å². The van der Waals surface area contributed by atoms with Crippen molar-refractivity contribution in [1.82, 2.24) is 10.1 Å². The van der Waals surface area contributed by atoms with Crippen molar-refractivity contribution in [2.24, 2.45) is 5.92 Å². The van der Waals surface area contributed by atoms with Gasteiger partial charge in [0, 0.05) is 23.6 Å². The Morgan fingerprint density at radius 1 is 1.00 bits per heavy atom. The van der Waals surface area contributed by atoms with Crippen LogP contribution in [-0.4, -0.2) is 40.8 Å². The zero-order chi connectivity index (χ0) is 26.2. The SMILES string of the molecule is O=C(O)c1ccc2cc(OCC3CCN(Cc4c(-c5c(Cl)cccc5Cl)noc4C4CC4)CC3)ccc2c1. The molecule has 38 heavy (non-hydrogen) atoms. The second-order valence-electron chi connectivity index (χ2n) is 10.3. The molecule has 196 valence electrons. The molecular formula is C30H28Cl2N2O4. The largest absolute Gasteiger partial charge is 0.493 e. The molecule has 1 aliphatic heterocycles. The average molecular weight is 551 g/mol. The van der Waals surface area contributed by atoms with E-state index in [9.17, 15) is 9.90 Å². The molecule has 2 fully saturated rings. The summed E-state index contributed by atoms with van der Waals surface area (Å²) in [4.78, 5) is 13.7. The first-order valence-electron chi connectivity index (χ1n) is 13.0. The molecule has 0 spiro atoms. The van der Waals surface area contributed by atoms with Gasteiger partial charge in [0.15, 0.2) is 0 Å². The summed E-state index contributed by atoms with van der Waals surface area (Å²) >= 11 is 13.0. The van der Waals surface area contributed by atoms with E-state index in [0.29, 0.717) is 28.5 Å². The Bertz CT molecular complexity index is 1470. The smallest absolute Gasteiger partial charge is 0.335 e. The van der Waals surface area contributed by atoms with Gasteiger partial charge < -0.3 is 14.4 Å². The van der Waals surface area contributed by atoms with E-state index in [4.69, 9.17) is 32.5 Å². The molecule has 1 aromatic heterocycles. The normalized spacial score (nSPS) is 16.7. The number of carboxylic acids is 1. The maximum absolute atomic E-state index is 11.2. The topological polar surface area (TPSA) is 75.8 Å². The summed E-state index contributed by atoms with van der Waals surface area (Å²) in [5.74, 6) is 1.78. The monoisotopic (exact) mass is 550 g/mol. The molecule has 0 bridgehead atoms. The van der Waals surface area contributed by atoms with Crippen LogP contribution in [0.4, 0.5) is 0 Å². The summed E-state index contributed by atoms with van der Waals surface area (Å²) in [6, 6.07) is 16.5. The van der Waals surface area contributed by atoms with Crippen molar-refractivity contribution in [1.29, 1.82) is 0 Å². The third kappa shape index (κ3) is 5.26. The minimum Gasteiger partial charge on any atom is -0.493 e. The lowest BCUT2D eigenvalue weighted by molar-refractivity contribution is 0.0697. The fourth-order valence-electron chi connectivity index (χ4n) is 5.26. The molecule has 1 saturated heterocycles. The summed E-state index contributed by atoms with van der Waals surface area (Å²) in [6.07, 6.45) is 4.35. The Balaban J connectivity index is 1.09. The van der Waals surface area contributed by atoms with Crippen molar-refractivity contribution < 1.29 is 19.2 Å². The van der Waals surface area contributed by atoms with Crippen LogP contribution in [0.1, 0.15) is 53.3 Å². The maximum Gasteiger partial charge on any atom is 0.335 e. The minimum absolute atomic E-state index is 0.287. The van der Waals surface area contributed by atoms with Crippen LogP contribution in [0.25, 0.3) is 22.0 Å². The molecule has 3 aromatic carbocycles. The van der Waals surface area contributed by atoms with E-state index in [-0.39, 0.29) is 5.56 Å². The van der Waals surface area contributed by atoms with Crippen LogP contribution >= 0.6 is 23.2 Å². The lowest BCUT2D eigenvalue weighted by Gasteiger charge is -2.32. The van der Waals surface area contributed by atoms with Gasteiger partial charge in [0.2, 0.25) is 0 Å². The molecule has 2 heterocycles. The van der Waals surface area contributed by atoms with Gasteiger partial charge in [-0.2, -0.15) is 0 Å². The minimum atomic E-state index is -0.921. The number of piperidine rings is 1. The molecule has 4 aromatic rings. The molecule has 0 unspecified atom stereocenters. The van der Waals surface area contributed by atoms with Gasteiger partial charge in [0.05, 0.1) is 22.2 Å². The second kappa shape index (κ2) is 10.6. The van der Waals surface area contributed by atoms with Crippen LogP contribution in [0.5, 0.6) is 5.75 Å². The van der Waals surface area contributed by atoms with Crippen LogP contribution in [0, 0.1) is 5.92 Å². The lowest BCUT2D eigenvalue weighted by Crippen LogP contribution is -2.35. The van der Waals surface area contributed by atoms with Crippen molar-refractivity contribution in [2.45, 2.75) is 38.1 Å². The number of ether oxygens (including phenoxy) is 1. The first-order chi connectivity index (χ1) is 18.5. The number of halogens is 2. The predicted octanol–water partition coefficient (Wildman–Crippen LogP) is 7.67. The third-order valence-corrected chi connectivity index (χ3v) is 8.23. The summed E-state index contributed by atoms with van der Waals surface area (Å²) < 4.78 is 12.0. The summed E-state index contributed by atoms with van der Waals surface area (Å²) in [6.45, 7) is 3.36. The molecule has 6 nitrogen and oxygen atoms in total. The Hall–Kier alpha value is -3.06.